The Kier molecular flexibility index (Phi) is 5.99. The molecule has 2 unspecified atom stereocenters. The van der Waals surface area contributed by atoms with E-state index in [4.69, 9.17) is 10.5 Å². The summed E-state index contributed by atoms with van der Waals surface area (Å²) in [5.41, 5.74) is 7.07. The summed E-state index contributed by atoms with van der Waals surface area (Å²) >= 11 is 0. The van der Waals surface area contributed by atoms with Gasteiger partial charge < -0.3 is 10.5 Å². The van der Waals surface area contributed by atoms with Crippen molar-refractivity contribution >= 4 is 0 Å². The quantitative estimate of drug-likeness (QED) is 0.814. The number of benzene rings is 1. The van der Waals surface area contributed by atoms with Crippen LogP contribution in [0, 0.1) is 5.82 Å². The lowest BCUT2D eigenvalue weighted by molar-refractivity contribution is -0.0342. The molecule has 0 heterocycles. The SMILES string of the molecule is CCC(N)C(OC1CCCCCC1)c1cccc(F)c1. The summed E-state index contributed by atoms with van der Waals surface area (Å²) in [5, 5.41) is 0. The van der Waals surface area contributed by atoms with E-state index >= 15 is 0 Å². The fourth-order valence-electron chi connectivity index (χ4n) is 2.91. The van der Waals surface area contributed by atoms with Crippen LogP contribution in [-0.4, -0.2) is 12.1 Å². The van der Waals surface area contributed by atoms with Gasteiger partial charge in [-0.2, -0.15) is 0 Å². The van der Waals surface area contributed by atoms with Crippen molar-refractivity contribution in [3.8, 4) is 0 Å². The van der Waals surface area contributed by atoms with Gasteiger partial charge in [0.1, 0.15) is 5.82 Å². The van der Waals surface area contributed by atoms with E-state index in [1.54, 1.807) is 12.1 Å². The Morgan fingerprint density at radius 1 is 1.25 bits per heavy atom. The van der Waals surface area contributed by atoms with Crippen LogP contribution in [-0.2, 0) is 4.74 Å². The van der Waals surface area contributed by atoms with E-state index < -0.39 is 0 Å². The van der Waals surface area contributed by atoms with Gasteiger partial charge in [-0.3, -0.25) is 0 Å². The highest BCUT2D eigenvalue weighted by molar-refractivity contribution is 5.20. The Balaban J connectivity index is 2.10. The second kappa shape index (κ2) is 7.75. The molecule has 3 heteroatoms. The molecule has 0 bridgehead atoms. The van der Waals surface area contributed by atoms with E-state index in [9.17, 15) is 4.39 Å². The van der Waals surface area contributed by atoms with Gasteiger partial charge in [0, 0.05) is 6.04 Å². The first-order chi connectivity index (χ1) is 9.70. The molecule has 1 saturated carbocycles. The lowest BCUT2D eigenvalue weighted by Crippen LogP contribution is -2.32. The fourth-order valence-corrected chi connectivity index (χ4v) is 2.91. The molecule has 0 aliphatic heterocycles. The van der Waals surface area contributed by atoms with Crippen LogP contribution in [0.15, 0.2) is 24.3 Å². The first-order valence-electron chi connectivity index (χ1n) is 7.87. The Hall–Kier alpha value is -0.930. The first kappa shape index (κ1) is 15.5. The minimum absolute atomic E-state index is 0.0833. The van der Waals surface area contributed by atoms with Gasteiger partial charge in [0.05, 0.1) is 12.2 Å². The molecule has 112 valence electrons. The second-order valence-corrected chi connectivity index (χ2v) is 5.80. The molecule has 20 heavy (non-hydrogen) atoms. The zero-order chi connectivity index (χ0) is 14.4. The zero-order valence-corrected chi connectivity index (χ0v) is 12.4. The van der Waals surface area contributed by atoms with Crippen molar-refractivity contribution in [2.45, 2.75) is 70.1 Å². The molecule has 0 saturated heterocycles. The minimum atomic E-state index is -0.222. The average molecular weight is 279 g/mol. The number of ether oxygens (including phenoxy) is 1. The minimum Gasteiger partial charge on any atom is -0.369 e. The third-order valence-corrected chi connectivity index (χ3v) is 4.18. The number of halogens is 1. The normalized spacial score (nSPS) is 20.4. The topological polar surface area (TPSA) is 35.2 Å². The predicted octanol–water partition coefficient (Wildman–Crippen LogP) is 4.34. The van der Waals surface area contributed by atoms with Gasteiger partial charge in [0.25, 0.3) is 0 Å². The van der Waals surface area contributed by atoms with E-state index in [0.29, 0.717) is 0 Å². The standard InChI is InChI=1S/C17H26FNO/c1-2-16(19)17(13-8-7-9-14(18)12-13)20-15-10-5-3-4-6-11-15/h7-9,12,15-17H,2-6,10-11,19H2,1H3. The molecule has 2 rings (SSSR count). The maximum Gasteiger partial charge on any atom is 0.123 e. The van der Waals surface area contributed by atoms with Crippen LogP contribution in [0.4, 0.5) is 4.39 Å². The molecule has 2 atom stereocenters. The molecule has 0 aromatic heterocycles. The maximum absolute atomic E-state index is 13.4. The molecule has 1 aromatic rings. The van der Waals surface area contributed by atoms with E-state index in [0.717, 1.165) is 24.8 Å². The van der Waals surface area contributed by atoms with Crippen LogP contribution in [0.25, 0.3) is 0 Å². The molecule has 0 radical (unpaired) electrons. The molecule has 1 aromatic carbocycles. The van der Waals surface area contributed by atoms with Gasteiger partial charge in [0.15, 0.2) is 0 Å². The molecule has 0 spiro atoms. The molecular formula is C17H26FNO. The molecule has 1 fully saturated rings. The van der Waals surface area contributed by atoms with Crippen molar-refractivity contribution in [1.29, 1.82) is 0 Å². The Labute approximate surface area is 121 Å². The van der Waals surface area contributed by atoms with Crippen molar-refractivity contribution in [3.05, 3.63) is 35.6 Å². The number of rotatable bonds is 5. The lowest BCUT2D eigenvalue weighted by Gasteiger charge is -2.28. The highest BCUT2D eigenvalue weighted by Crippen LogP contribution is 2.29. The fraction of sp³-hybridized carbons (Fsp3) is 0.647. The average Bonchev–Trinajstić information content (AvgIpc) is 2.72. The molecule has 1 aliphatic rings. The summed E-state index contributed by atoms with van der Waals surface area (Å²) < 4.78 is 19.7. The summed E-state index contributed by atoms with van der Waals surface area (Å²) in [6.07, 6.45) is 8.14. The van der Waals surface area contributed by atoms with Gasteiger partial charge in [-0.05, 0) is 37.0 Å². The smallest absolute Gasteiger partial charge is 0.123 e. The first-order valence-corrected chi connectivity index (χ1v) is 7.87. The van der Waals surface area contributed by atoms with Gasteiger partial charge in [-0.15, -0.1) is 0 Å². The summed E-state index contributed by atoms with van der Waals surface area (Å²) in [5.74, 6) is -0.222. The van der Waals surface area contributed by atoms with E-state index in [1.807, 2.05) is 13.0 Å². The monoisotopic (exact) mass is 279 g/mol. The van der Waals surface area contributed by atoms with Crippen LogP contribution in [0.5, 0.6) is 0 Å². The highest BCUT2D eigenvalue weighted by Gasteiger charge is 2.24. The van der Waals surface area contributed by atoms with Crippen LogP contribution < -0.4 is 5.73 Å². The van der Waals surface area contributed by atoms with E-state index in [2.05, 4.69) is 0 Å². The van der Waals surface area contributed by atoms with Crippen LogP contribution >= 0.6 is 0 Å². The largest absolute Gasteiger partial charge is 0.369 e. The summed E-state index contributed by atoms with van der Waals surface area (Å²) in [6.45, 7) is 2.05. The van der Waals surface area contributed by atoms with Gasteiger partial charge in [-0.25, -0.2) is 4.39 Å². The molecule has 2 N–H and O–H groups in total. The summed E-state index contributed by atoms with van der Waals surface area (Å²) in [6, 6.07) is 6.58. The van der Waals surface area contributed by atoms with Crippen molar-refractivity contribution < 1.29 is 9.13 Å². The zero-order valence-electron chi connectivity index (χ0n) is 12.4. The van der Waals surface area contributed by atoms with Crippen molar-refractivity contribution in [2.75, 3.05) is 0 Å². The van der Waals surface area contributed by atoms with Gasteiger partial charge in [0.2, 0.25) is 0 Å². The number of hydrogen-bond acceptors (Lipinski definition) is 2. The van der Waals surface area contributed by atoms with Crippen LogP contribution in [0.2, 0.25) is 0 Å². The van der Waals surface area contributed by atoms with Crippen molar-refractivity contribution in [1.82, 2.24) is 0 Å². The molecule has 2 nitrogen and oxygen atoms in total. The lowest BCUT2D eigenvalue weighted by atomic mass is 10.00. The van der Waals surface area contributed by atoms with Crippen LogP contribution in [0.3, 0.4) is 0 Å². The molecular weight excluding hydrogens is 253 g/mol. The summed E-state index contributed by atoms with van der Waals surface area (Å²) in [4.78, 5) is 0. The van der Waals surface area contributed by atoms with E-state index in [1.165, 1.54) is 31.7 Å². The Morgan fingerprint density at radius 2 is 1.95 bits per heavy atom. The van der Waals surface area contributed by atoms with Crippen molar-refractivity contribution in [2.24, 2.45) is 5.73 Å². The van der Waals surface area contributed by atoms with Crippen molar-refractivity contribution in [3.63, 3.8) is 0 Å². The third kappa shape index (κ3) is 4.29. The third-order valence-electron chi connectivity index (χ3n) is 4.18. The van der Waals surface area contributed by atoms with Gasteiger partial charge >= 0.3 is 0 Å². The maximum atomic E-state index is 13.4. The molecule has 1 aliphatic carbocycles. The van der Waals surface area contributed by atoms with Gasteiger partial charge in [-0.1, -0.05) is 44.7 Å². The van der Waals surface area contributed by atoms with E-state index in [-0.39, 0.29) is 24.1 Å². The predicted molar refractivity (Wildman–Crippen MR) is 80.0 cm³/mol. The van der Waals surface area contributed by atoms with Crippen LogP contribution in [0.1, 0.15) is 63.5 Å². The Bertz CT molecular complexity index is 402. The summed E-state index contributed by atoms with van der Waals surface area (Å²) in [7, 11) is 0. The number of hydrogen-bond donors (Lipinski definition) is 1. The Morgan fingerprint density at radius 3 is 2.55 bits per heavy atom. The number of nitrogens with two attached hydrogens (primary N) is 1. The highest BCUT2D eigenvalue weighted by atomic mass is 19.1. The second-order valence-electron chi connectivity index (χ2n) is 5.80. The molecule has 0 amide bonds.